The number of aromatic nitrogens is 5. The van der Waals surface area contributed by atoms with Crippen molar-refractivity contribution in [1.29, 1.82) is 0 Å². The molecule has 1 aliphatic rings. The maximum absolute atomic E-state index is 13.6. The second-order valence-electron chi connectivity index (χ2n) is 10.6. The molecule has 1 aliphatic heterocycles. The molecule has 1 saturated heterocycles. The average molecular weight is 534 g/mol. The van der Waals surface area contributed by atoms with Gasteiger partial charge in [0.05, 0.1) is 38.1 Å². The van der Waals surface area contributed by atoms with Crippen LogP contribution in [0.25, 0.3) is 10.9 Å². The molecule has 4 aromatic rings. The molecule has 1 atom stereocenters. The molecule has 0 bridgehead atoms. The molecule has 0 radical (unpaired) electrons. The highest BCUT2D eigenvalue weighted by molar-refractivity contribution is 5.83. The zero-order valence-corrected chi connectivity index (χ0v) is 23.3. The highest BCUT2D eigenvalue weighted by Gasteiger charge is 2.35. The van der Waals surface area contributed by atoms with Crippen LogP contribution in [-0.4, -0.2) is 77.6 Å². The predicted octanol–water partition coefficient (Wildman–Crippen LogP) is 3.21. The molecule has 0 saturated carbocycles. The summed E-state index contributed by atoms with van der Waals surface area (Å²) in [6.07, 6.45) is 0. The van der Waals surface area contributed by atoms with Gasteiger partial charge in [-0.1, -0.05) is 12.1 Å². The third-order valence-corrected chi connectivity index (χ3v) is 7.15. The Kier molecular flexibility index (Phi) is 7.17. The number of nitrogens with zero attached hydrogens (tertiary/aromatic N) is 6. The molecule has 11 nitrogen and oxygen atoms in total. The van der Waals surface area contributed by atoms with Gasteiger partial charge in [-0.25, -0.2) is 4.68 Å². The Labute approximate surface area is 227 Å². The van der Waals surface area contributed by atoms with Gasteiger partial charge >= 0.3 is 0 Å². The van der Waals surface area contributed by atoms with Crippen LogP contribution in [0.2, 0.25) is 0 Å². The zero-order chi connectivity index (χ0) is 27.7. The normalized spacial score (nSPS) is 15.4. The molecule has 0 aliphatic carbocycles. The summed E-state index contributed by atoms with van der Waals surface area (Å²) in [5, 5.41) is 13.6. The van der Waals surface area contributed by atoms with E-state index in [1.54, 1.807) is 27.4 Å². The summed E-state index contributed by atoms with van der Waals surface area (Å²) < 4.78 is 18.4. The van der Waals surface area contributed by atoms with E-state index >= 15 is 0 Å². The summed E-state index contributed by atoms with van der Waals surface area (Å²) >= 11 is 0. The number of hydrogen-bond donors (Lipinski definition) is 1. The Morgan fingerprint density at radius 2 is 1.56 bits per heavy atom. The minimum atomic E-state index is -0.458. The molecular formula is C28H35N7O4. The first kappa shape index (κ1) is 26.5. The van der Waals surface area contributed by atoms with E-state index in [4.69, 9.17) is 14.2 Å². The number of fused-ring (bicyclic) bond motifs is 1. The molecule has 0 unspecified atom stereocenters. The molecule has 39 heavy (non-hydrogen) atoms. The molecule has 2 aromatic carbocycles. The van der Waals surface area contributed by atoms with Crippen molar-refractivity contribution in [2.75, 3.05) is 52.4 Å². The van der Waals surface area contributed by atoms with Crippen molar-refractivity contribution >= 4 is 16.6 Å². The number of benzene rings is 2. The molecule has 206 valence electrons. The van der Waals surface area contributed by atoms with Gasteiger partial charge in [-0.05, 0) is 55.5 Å². The van der Waals surface area contributed by atoms with E-state index in [-0.39, 0.29) is 11.1 Å². The maximum Gasteiger partial charge on any atom is 0.253 e. The fraction of sp³-hybridized carbons (Fsp3) is 0.429. The van der Waals surface area contributed by atoms with E-state index in [9.17, 15) is 4.79 Å². The van der Waals surface area contributed by atoms with Crippen LogP contribution in [0, 0.1) is 0 Å². The van der Waals surface area contributed by atoms with Crippen molar-refractivity contribution < 1.29 is 14.2 Å². The monoisotopic (exact) mass is 533 g/mol. The van der Waals surface area contributed by atoms with Gasteiger partial charge in [0.25, 0.3) is 5.56 Å². The van der Waals surface area contributed by atoms with E-state index in [0.29, 0.717) is 41.5 Å². The molecule has 1 N–H and O–H groups in total. The number of hydrogen-bond acceptors (Lipinski definition) is 9. The van der Waals surface area contributed by atoms with E-state index in [2.05, 4.69) is 36.4 Å². The van der Waals surface area contributed by atoms with Gasteiger partial charge < -0.3 is 24.1 Å². The van der Waals surface area contributed by atoms with Crippen LogP contribution in [0.4, 0.5) is 5.69 Å². The molecule has 3 heterocycles. The number of nitrogens with one attached hydrogen (secondary N) is 1. The summed E-state index contributed by atoms with van der Waals surface area (Å²) in [6, 6.07) is 13.1. The first-order valence-electron chi connectivity index (χ1n) is 12.9. The topological polar surface area (TPSA) is 111 Å². The lowest BCUT2D eigenvalue weighted by Gasteiger charge is -2.40. The minimum Gasteiger partial charge on any atom is -0.495 e. The molecule has 11 heteroatoms. The van der Waals surface area contributed by atoms with Gasteiger partial charge in [0.15, 0.2) is 17.3 Å². The number of pyridine rings is 1. The number of rotatable bonds is 7. The largest absolute Gasteiger partial charge is 0.495 e. The Balaban J connectivity index is 1.58. The van der Waals surface area contributed by atoms with Gasteiger partial charge in [-0.2, -0.15) is 0 Å². The standard InChI is InChI=1S/C28H35N7O4/c1-28(2,3)35-26(30-31-32-35)25(34-13-11-33(12-14-34)21-9-7-8-10-22(21)37-4)19-15-18-16-23(38-5)24(39-6)17-20(18)29-27(19)36/h7-10,15-17,25H,11-14H2,1-6H3,(H,29,36)/t25-/m1/s1. The third kappa shape index (κ3) is 5.01. The molecule has 0 amide bonds. The molecule has 5 rings (SSSR count). The van der Waals surface area contributed by atoms with Crippen LogP contribution in [0.1, 0.15) is 38.2 Å². The van der Waals surface area contributed by atoms with Gasteiger partial charge in [0.1, 0.15) is 11.8 Å². The number of anilines is 1. The molecule has 0 spiro atoms. The fourth-order valence-corrected chi connectivity index (χ4v) is 5.21. The molecule has 2 aromatic heterocycles. The van der Waals surface area contributed by atoms with Gasteiger partial charge in [-0.3, -0.25) is 9.69 Å². The van der Waals surface area contributed by atoms with E-state index < -0.39 is 6.04 Å². The minimum absolute atomic E-state index is 0.199. The predicted molar refractivity (Wildman–Crippen MR) is 149 cm³/mol. The third-order valence-electron chi connectivity index (χ3n) is 7.15. The first-order valence-corrected chi connectivity index (χ1v) is 12.9. The Bertz CT molecular complexity index is 1520. The van der Waals surface area contributed by atoms with Crippen molar-refractivity contribution in [3.63, 3.8) is 0 Å². The number of aromatic amines is 1. The van der Waals surface area contributed by atoms with Crippen LogP contribution in [0.15, 0.2) is 47.3 Å². The quantitative estimate of drug-likeness (QED) is 0.383. The van der Waals surface area contributed by atoms with Crippen molar-refractivity contribution in [3.8, 4) is 17.2 Å². The number of methoxy groups -OCH3 is 3. The van der Waals surface area contributed by atoms with E-state index in [1.165, 1.54) is 0 Å². The maximum atomic E-state index is 13.6. The summed E-state index contributed by atoms with van der Waals surface area (Å²) in [4.78, 5) is 21.3. The summed E-state index contributed by atoms with van der Waals surface area (Å²) in [5.74, 6) is 2.60. The van der Waals surface area contributed by atoms with Crippen molar-refractivity contribution in [2.45, 2.75) is 32.4 Å². The Morgan fingerprint density at radius 1 is 0.897 bits per heavy atom. The summed E-state index contributed by atoms with van der Waals surface area (Å²) in [6.45, 7) is 9.04. The lowest BCUT2D eigenvalue weighted by atomic mass is 10.0. The average Bonchev–Trinajstić information content (AvgIpc) is 3.43. The zero-order valence-electron chi connectivity index (χ0n) is 23.3. The fourth-order valence-electron chi connectivity index (χ4n) is 5.21. The lowest BCUT2D eigenvalue weighted by molar-refractivity contribution is 0.190. The first-order chi connectivity index (χ1) is 18.7. The smallest absolute Gasteiger partial charge is 0.253 e. The number of piperazine rings is 1. The highest BCUT2D eigenvalue weighted by Crippen LogP contribution is 2.35. The summed E-state index contributed by atoms with van der Waals surface area (Å²) in [5.41, 5.74) is 1.71. The molecule has 1 fully saturated rings. The Morgan fingerprint density at radius 3 is 2.23 bits per heavy atom. The van der Waals surface area contributed by atoms with E-state index in [0.717, 1.165) is 29.9 Å². The van der Waals surface area contributed by atoms with Gasteiger partial charge in [0, 0.05) is 43.2 Å². The van der Waals surface area contributed by atoms with Crippen LogP contribution in [0.3, 0.4) is 0 Å². The van der Waals surface area contributed by atoms with E-state index in [1.807, 2.05) is 55.8 Å². The molecular weight excluding hydrogens is 498 g/mol. The highest BCUT2D eigenvalue weighted by atomic mass is 16.5. The number of ether oxygens (including phenoxy) is 3. The number of tetrazole rings is 1. The van der Waals surface area contributed by atoms with Crippen molar-refractivity contribution in [1.82, 2.24) is 30.1 Å². The number of para-hydroxylation sites is 2. The SMILES string of the molecule is COc1cc2cc([C@H](c3nnnn3C(C)(C)C)N3CCN(c4ccccc4OC)CC3)c(=O)[nH]c2cc1OC. The van der Waals surface area contributed by atoms with Crippen molar-refractivity contribution in [3.05, 3.63) is 64.2 Å². The number of H-pyrrole nitrogens is 1. The van der Waals surface area contributed by atoms with Crippen molar-refractivity contribution in [2.24, 2.45) is 0 Å². The van der Waals surface area contributed by atoms with Crippen LogP contribution in [-0.2, 0) is 5.54 Å². The summed E-state index contributed by atoms with van der Waals surface area (Å²) in [7, 11) is 4.86. The van der Waals surface area contributed by atoms with Crippen LogP contribution >= 0.6 is 0 Å². The van der Waals surface area contributed by atoms with Gasteiger partial charge in [0.2, 0.25) is 0 Å². The second kappa shape index (κ2) is 10.6. The Hall–Kier alpha value is -4.12. The second-order valence-corrected chi connectivity index (χ2v) is 10.6. The van der Waals surface area contributed by atoms with Crippen LogP contribution < -0.4 is 24.7 Å². The lowest BCUT2D eigenvalue weighted by Crippen LogP contribution is -2.49. The van der Waals surface area contributed by atoms with Gasteiger partial charge in [-0.15, -0.1) is 5.10 Å². The van der Waals surface area contributed by atoms with Crippen LogP contribution in [0.5, 0.6) is 17.2 Å².